The molecule has 0 saturated heterocycles. The zero-order valence-electron chi connectivity index (χ0n) is 12.5. The molecule has 2 rings (SSSR count). The molecule has 0 fully saturated rings. The molecule has 1 atom stereocenters. The molecule has 0 aliphatic heterocycles. The van der Waals surface area contributed by atoms with Crippen LogP contribution in [0, 0.1) is 5.82 Å². The maximum Gasteiger partial charge on any atom is 0.319 e. The van der Waals surface area contributed by atoms with Crippen molar-refractivity contribution in [3.8, 4) is 0 Å². The Morgan fingerprint density at radius 2 is 1.91 bits per heavy atom. The van der Waals surface area contributed by atoms with Crippen molar-refractivity contribution in [2.45, 2.75) is 26.3 Å². The van der Waals surface area contributed by atoms with E-state index in [1.807, 2.05) is 31.2 Å². The van der Waals surface area contributed by atoms with Crippen LogP contribution in [0.3, 0.4) is 0 Å². The monoisotopic (exact) mass is 320 g/mol. The maximum absolute atomic E-state index is 13.6. The lowest BCUT2D eigenvalue weighted by atomic mass is 10.1. The van der Waals surface area contributed by atoms with E-state index in [0.29, 0.717) is 0 Å². The first-order chi connectivity index (χ1) is 10.5. The molecule has 0 aliphatic rings. The Bertz CT molecular complexity index is 658. The van der Waals surface area contributed by atoms with Crippen LogP contribution < -0.4 is 10.6 Å². The van der Waals surface area contributed by atoms with Crippen molar-refractivity contribution < 1.29 is 9.18 Å². The molecule has 2 aromatic rings. The topological polar surface area (TPSA) is 41.1 Å². The Morgan fingerprint density at radius 1 is 1.23 bits per heavy atom. The van der Waals surface area contributed by atoms with E-state index in [2.05, 4.69) is 17.6 Å². The minimum absolute atomic E-state index is 0.0930. The van der Waals surface area contributed by atoms with E-state index >= 15 is 0 Å². The first-order valence-electron chi connectivity index (χ1n) is 7.11. The Balaban J connectivity index is 1.98. The number of rotatable bonds is 4. The van der Waals surface area contributed by atoms with Crippen LogP contribution in [0.2, 0.25) is 5.02 Å². The summed E-state index contributed by atoms with van der Waals surface area (Å²) in [7, 11) is 0. The van der Waals surface area contributed by atoms with Gasteiger partial charge in [0.15, 0.2) is 0 Å². The highest BCUT2D eigenvalue weighted by Gasteiger charge is 2.11. The number of nitrogens with one attached hydrogen (secondary N) is 2. The first-order valence-corrected chi connectivity index (χ1v) is 7.48. The van der Waals surface area contributed by atoms with Crippen LogP contribution in [-0.4, -0.2) is 6.03 Å². The standard InChI is InChI=1S/C17H18ClFN2O/c1-3-12-4-6-13(7-5-12)11(2)20-17(22)21-16-9-8-14(18)10-15(16)19/h4-11H,3H2,1-2H3,(H2,20,21,22)/t11-/m1/s1. The average molecular weight is 321 g/mol. The van der Waals surface area contributed by atoms with Gasteiger partial charge in [-0.3, -0.25) is 0 Å². The Kier molecular flexibility index (Phi) is 5.39. The van der Waals surface area contributed by atoms with E-state index in [0.717, 1.165) is 18.1 Å². The SMILES string of the molecule is CCc1ccc([C@@H](C)NC(=O)Nc2ccc(Cl)cc2F)cc1. The molecule has 3 nitrogen and oxygen atoms in total. The number of carbonyl (C=O) groups is 1. The fraction of sp³-hybridized carbons (Fsp3) is 0.235. The molecule has 2 aromatic carbocycles. The lowest BCUT2D eigenvalue weighted by Gasteiger charge is -2.16. The molecule has 0 spiro atoms. The van der Waals surface area contributed by atoms with Crippen LogP contribution in [0.4, 0.5) is 14.9 Å². The lowest BCUT2D eigenvalue weighted by molar-refractivity contribution is 0.249. The number of halogens is 2. The molecular formula is C17H18ClFN2O. The first kappa shape index (κ1) is 16.3. The van der Waals surface area contributed by atoms with E-state index in [1.165, 1.54) is 17.7 Å². The van der Waals surface area contributed by atoms with Gasteiger partial charge >= 0.3 is 6.03 Å². The number of carbonyl (C=O) groups excluding carboxylic acids is 1. The molecule has 0 radical (unpaired) electrons. The molecule has 0 aromatic heterocycles. The maximum atomic E-state index is 13.6. The molecule has 0 bridgehead atoms. The molecule has 116 valence electrons. The highest BCUT2D eigenvalue weighted by Crippen LogP contribution is 2.19. The largest absolute Gasteiger partial charge is 0.331 e. The van der Waals surface area contributed by atoms with Crippen molar-refractivity contribution in [2.24, 2.45) is 0 Å². The Morgan fingerprint density at radius 3 is 2.50 bits per heavy atom. The van der Waals surface area contributed by atoms with Crippen molar-refractivity contribution in [2.75, 3.05) is 5.32 Å². The number of aryl methyl sites for hydroxylation is 1. The molecule has 2 N–H and O–H groups in total. The van der Waals surface area contributed by atoms with Gasteiger partial charge < -0.3 is 10.6 Å². The third-order valence-corrected chi connectivity index (χ3v) is 3.65. The quantitative estimate of drug-likeness (QED) is 0.824. The normalized spacial score (nSPS) is 11.8. The third-order valence-electron chi connectivity index (χ3n) is 3.41. The van der Waals surface area contributed by atoms with Gasteiger partial charge in [0.05, 0.1) is 11.7 Å². The van der Waals surface area contributed by atoms with Crippen molar-refractivity contribution >= 4 is 23.3 Å². The minimum Gasteiger partial charge on any atom is -0.331 e. The van der Waals surface area contributed by atoms with Crippen molar-refractivity contribution in [1.29, 1.82) is 0 Å². The van der Waals surface area contributed by atoms with Crippen molar-refractivity contribution in [3.63, 3.8) is 0 Å². The molecule has 0 heterocycles. The summed E-state index contributed by atoms with van der Waals surface area (Å²) in [5, 5.41) is 5.54. The van der Waals surface area contributed by atoms with E-state index in [9.17, 15) is 9.18 Å². The predicted octanol–water partition coefficient (Wildman–Crippen LogP) is 4.92. The lowest BCUT2D eigenvalue weighted by Crippen LogP contribution is -2.31. The minimum atomic E-state index is -0.567. The molecule has 22 heavy (non-hydrogen) atoms. The molecule has 2 amide bonds. The summed E-state index contributed by atoms with van der Waals surface area (Å²) in [5.41, 5.74) is 2.32. The summed E-state index contributed by atoms with van der Waals surface area (Å²) in [5.74, 6) is -0.567. The smallest absolute Gasteiger partial charge is 0.319 e. The van der Waals surface area contributed by atoms with Crippen LogP contribution >= 0.6 is 11.6 Å². The van der Waals surface area contributed by atoms with Gasteiger partial charge in [-0.1, -0.05) is 42.8 Å². The van der Waals surface area contributed by atoms with Gasteiger partial charge in [-0.05, 0) is 42.7 Å². The van der Waals surface area contributed by atoms with Crippen LogP contribution in [0.15, 0.2) is 42.5 Å². The summed E-state index contributed by atoms with van der Waals surface area (Å²) in [4.78, 5) is 11.9. The van der Waals surface area contributed by atoms with Crippen LogP contribution in [-0.2, 0) is 6.42 Å². The van der Waals surface area contributed by atoms with Crippen molar-refractivity contribution in [3.05, 3.63) is 64.4 Å². The number of anilines is 1. The van der Waals surface area contributed by atoms with E-state index < -0.39 is 11.8 Å². The van der Waals surface area contributed by atoms with Gasteiger partial charge in [0.1, 0.15) is 5.82 Å². The van der Waals surface area contributed by atoms with Gasteiger partial charge in [-0.15, -0.1) is 0 Å². The zero-order valence-corrected chi connectivity index (χ0v) is 13.2. The van der Waals surface area contributed by atoms with E-state index in [4.69, 9.17) is 11.6 Å². The number of benzene rings is 2. The molecular weight excluding hydrogens is 303 g/mol. The zero-order chi connectivity index (χ0) is 16.1. The molecule has 0 unspecified atom stereocenters. The highest BCUT2D eigenvalue weighted by molar-refractivity contribution is 6.30. The number of urea groups is 1. The average Bonchev–Trinajstić information content (AvgIpc) is 2.50. The number of hydrogen-bond acceptors (Lipinski definition) is 1. The van der Waals surface area contributed by atoms with E-state index in [-0.39, 0.29) is 16.8 Å². The van der Waals surface area contributed by atoms with Crippen LogP contribution in [0.25, 0.3) is 0 Å². The Hall–Kier alpha value is -2.07. The van der Waals surface area contributed by atoms with Gasteiger partial charge in [-0.2, -0.15) is 0 Å². The summed E-state index contributed by atoms with van der Waals surface area (Å²) in [6.07, 6.45) is 0.971. The number of amides is 2. The number of hydrogen-bond donors (Lipinski definition) is 2. The highest BCUT2D eigenvalue weighted by atomic mass is 35.5. The predicted molar refractivity (Wildman–Crippen MR) is 87.8 cm³/mol. The molecule has 5 heteroatoms. The molecule has 0 saturated carbocycles. The second-order valence-corrected chi connectivity index (χ2v) is 5.48. The fourth-order valence-corrected chi connectivity index (χ4v) is 2.23. The van der Waals surface area contributed by atoms with Crippen LogP contribution in [0.1, 0.15) is 31.0 Å². The van der Waals surface area contributed by atoms with Crippen LogP contribution in [0.5, 0.6) is 0 Å². The van der Waals surface area contributed by atoms with Crippen molar-refractivity contribution in [1.82, 2.24) is 5.32 Å². The van der Waals surface area contributed by atoms with Gasteiger partial charge in [0.25, 0.3) is 0 Å². The second kappa shape index (κ2) is 7.27. The van der Waals surface area contributed by atoms with E-state index in [1.54, 1.807) is 0 Å². The summed E-state index contributed by atoms with van der Waals surface area (Å²) in [6.45, 7) is 3.96. The summed E-state index contributed by atoms with van der Waals surface area (Å²) < 4.78 is 13.6. The fourth-order valence-electron chi connectivity index (χ4n) is 2.07. The van der Waals surface area contributed by atoms with Gasteiger partial charge in [-0.25, -0.2) is 9.18 Å². The van der Waals surface area contributed by atoms with Gasteiger partial charge in [0.2, 0.25) is 0 Å². The summed E-state index contributed by atoms with van der Waals surface area (Å²) >= 11 is 5.67. The molecule has 0 aliphatic carbocycles. The Labute approximate surface area is 134 Å². The second-order valence-electron chi connectivity index (χ2n) is 5.04. The third kappa shape index (κ3) is 4.21. The summed E-state index contributed by atoms with van der Waals surface area (Å²) in [6, 6.07) is 11.5. The van der Waals surface area contributed by atoms with Gasteiger partial charge in [0, 0.05) is 5.02 Å².